The molecule has 4 atom stereocenters. The molecule has 2 aliphatic carbocycles. The summed E-state index contributed by atoms with van der Waals surface area (Å²) < 4.78 is 12.3. The topological polar surface area (TPSA) is 85.2 Å². The van der Waals surface area contributed by atoms with E-state index >= 15 is 0 Å². The van der Waals surface area contributed by atoms with Crippen LogP contribution in [-0.2, 0) is 21.7 Å². The van der Waals surface area contributed by atoms with Crippen molar-refractivity contribution < 1.29 is 19.2 Å². The Balaban J connectivity index is 1.42. The molecule has 2 aromatic rings. The third-order valence-corrected chi connectivity index (χ3v) is 7.19. The number of ether oxygens (including phenoxy) is 2. The van der Waals surface area contributed by atoms with E-state index in [4.69, 9.17) is 9.47 Å². The minimum Gasteiger partial charge on any atom is -0.444 e. The van der Waals surface area contributed by atoms with Crippen LogP contribution in [0.4, 0.5) is 16.2 Å². The minimum absolute atomic E-state index is 0.000381. The number of allylic oxidation sites excluding steroid dienone is 2. The van der Waals surface area contributed by atoms with Gasteiger partial charge in [-0.05, 0) is 43.5 Å². The van der Waals surface area contributed by atoms with Gasteiger partial charge in [-0.15, -0.1) is 0 Å². The maximum absolute atomic E-state index is 13.6. The summed E-state index contributed by atoms with van der Waals surface area (Å²) in [5.74, 6) is 12.7. The van der Waals surface area contributed by atoms with Crippen LogP contribution in [0.25, 0.3) is 0 Å². The van der Waals surface area contributed by atoms with Gasteiger partial charge in [0.05, 0.1) is 22.1 Å². The lowest BCUT2D eigenvalue weighted by Crippen LogP contribution is -2.57. The molecule has 2 heterocycles. The van der Waals surface area contributed by atoms with Crippen molar-refractivity contribution in [2.75, 3.05) is 4.90 Å². The number of amides is 1. The summed E-state index contributed by atoms with van der Waals surface area (Å²) in [6, 6.07) is 13.4. The molecule has 0 unspecified atom stereocenters. The number of para-hydroxylation sites is 2. The van der Waals surface area contributed by atoms with Gasteiger partial charge in [0.2, 0.25) is 0 Å². The summed E-state index contributed by atoms with van der Waals surface area (Å²) in [4.78, 5) is 26.0. The zero-order valence-corrected chi connectivity index (χ0v) is 18.2. The number of hydrogen-bond donors (Lipinski definition) is 0. The van der Waals surface area contributed by atoms with E-state index in [9.17, 15) is 14.9 Å². The minimum atomic E-state index is -0.658. The molecule has 2 aliphatic heterocycles. The van der Waals surface area contributed by atoms with Crippen molar-refractivity contribution in [1.82, 2.24) is 0 Å². The van der Waals surface area contributed by atoms with E-state index in [2.05, 4.69) is 23.7 Å². The van der Waals surface area contributed by atoms with E-state index < -0.39 is 28.3 Å². The predicted octanol–water partition coefficient (Wildman–Crippen LogP) is 4.46. The first-order valence-electron chi connectivity index (χ1n) is 11.2. The molecule has 0 radical (unpaired) electrons. The zero-order chi connectivity index (χ0) is 23.3. The van der Waals surface area contributed by atoms with Crippen LogP contribution in [-0.4, -0.2) is 22.7 Å². The Hall–Kier alpha value is -4.07. The molecule has 1 amide bonds. The number of carbonyl (C=O) groups is 1. The molecule has 4 bridgehead atoms. The number of benzene rings is 2. The molecule has 7 heteroatoms. The second kappa shape index (κ2) is 7.48. The van der Waals surface area contributed by atoms with Crippen LogP contribution in [0, 0.1) is 39.7 Å². The molecular weight excluding hydrogens is 432 g/mol. The third-order valence-electron chi connectivity index (χ3n) is 7.19. The van der Waals surface area contributed by atoms with Gasteiger partial charge in [-0.3, -0.25) is 15.0 Å². The highest BCUT2D eigenvalue weighted by molar-refractivity contribution is 5.93. The standard InChI is InChI=1S/C27H20N2O5/c30-25(33-18-19-10-5-7-14-22(19)29(31)32)28-23-15-8-6-13-21(23)27-20-11-3-1-2-4-16-24(28)26(27,34-27)17-9-12-20/h1-2,5-8,10,13-15,20,24H,9,12,17-18H2/b2-1-/t20-,24-,26-,27+/m0/s1. The van der Waals surface area contributed by atoms with Crippen molar-refractivity contribution in [3.63, 3.8) is 0 Å². The second-order valence-corrected chi connectivity index (χ2v) is 8.81. The van der Waals surface area contributed by atoms with E-state index in [-0.39, 0.29) is 18.2 Å². The average Bonchev–Trinajstić information content (AvgIpc) is 3.57. The number of hydrogen-bond acceptors (Lipinski definition) is 5. The predicted molar refractivity (Wildman–Crippen MR) is 124 cm³/mol. The highest BCUT2D eigenvalue weighted by Crippen LogP contribution is 2.72. The fourth-order valence-corrected chi connectivity index (χ4v) is 5.79. The van der Waals surface area contributed by atoms with E-state index in [0.29, 0.717) is 11.3 Å². The van der Waals surface area contributed by atoms with E-state index in [0.717, 1.165) is 24.8 Å². The van der Waals surface area contributed by atoms with Gasteiger partial charge in [0.1, 0.15) is 23.9 Å². The SMILES string of the molecule is O=C(OCc1ccccc1[N+](=O)[O-])N1c2ccccc2[C@@]23O[C@]24CCC[C@@H]3C#C/C=C\C#C[C@H]14. The van der Waals surface area contributed by atoms with Crippen molar-refractivity contribution in [1.29, 1.82) is 0 Å². The van der Waals surface area contributed by atoms with Crippen LogP contribution in [0.2, 0.25) is 0 Å². The van der Waals surface area contributed by atoms with Gasteiger partial charge in [0.15, 0.2) is 0 Å². The van der Waals surface area contributed by atoms with E-state index in [1.54, 1.807) is 35.3 Å². The van der Waals surface area contributed by atoms with Crippen molar-refractivity contribution in [2.24, 2.45) is 5.92 Å². The molecule has 1 saturated carbocycles. The Morgan fingerprint density at radius 3 is 2.76 bits per heavy atom. The number of nitrogens with zero attached hydrogens (tertiary/aromatic N) is 2. The zero-order valence-electron chi connectivity index (χ0n) is 18.2. The molecule has 2 fully saturated rings. The van der Waals surface area contributed by atoms with Gasteiger partial charge < -0.3 is 9.47 Å². The lowest BCUT2D eigenvalue weighted by atomic mass is 9.64. The number of carbonyl (C=O) groups excluding carboxylic acids is 1. The molecule has 7 nitrogen and oxygen atoms in total. The Morgan fingerprint density at radius 2 is 1.91 bits per heavy atom. The van der Waals surface area contributed by atoms with Gasteiger partial charge in [-0.2, -0.15) is 0 Å². The lowest BCUT2D eigenvalue weighted by molar-refractivity contribution is -0.385. The summed E-state index contributed by atoms with van der Waals surface area (Å²) in [5, 5.41) is 11.4. The summed E-state index contributed by atoms with van der Waals surface area (Å²) in [6.07, 6.45) is 5.40. The normalized spacial score (nSPS) is 30.2. The maximum atomic E-state index is 13.6. The van der Waals surface area contributed by atoms with Gasteiger partial charge in [-0.25, -0.2) is 4.79 Å². The average molecular weight is 452 g/mol. The number of anilines is 1. The quantitative estimate of drug-likeness (QED) is 0.297. The molecule has 2 aromatic carbocycles. The fraction of sp³-hybridized carbons (Fsp3) is 0.296. The Labute approximate surface area is 196 Å². The van der Waals surface area contributed by atoms with Crippen LogP contribution >= 0.6 is 0 Å². The first-order chi connectivity index (χ1) is 16.6. The highest BCUT2D eigenvalue weighted by atomic mass is 16.6. The highest BCUT2D eigenvalue weighted by Gasteiger charge is 2.81. The lowest BCUT2D eigenvalue weighted by Gasteiger charge is -2.43. The van der Waals surface area contributed by atoms with Crippen LogP contribution < -0.4 is 4.90 Å². The molecule has 0 aromatic heterocycles. The van der Waals surface area contributed by atoms with Crippen molar-refractivity contribution in [2.45, 2.75) is 43.1 Å². The van der Waals surface area contributed by atoms with Crippen molar-refractivity contribution in [3.8, 4) is 23.7 Å². The summed E-state index contributed by atoms with van der Waals surface area (Å²) in [5.41, 5.74) is 0.576. The number of rotatable bonds is 3. The second-order valence-electron chi connectivity index (χ2n) is 8.81. The Kier molecular flexibility index (Phi) is 4.52. The van der Waals surface area contributed by atoms with Crippen molar-refractivity contribution >= 4 is 17.5 Å². The largest absolute Gasteiger partial charge is 0.444 e. The molecule has 1 saturated heterocycles. The third kappa shape index (κ3) is 2.74. The summed E-state index contributed by atoms with van der Waals surface area (Å²) in [6.45, 7) is -0.220. The number of fused-ring (bicyclic) bond motifs is 1. The Morgan fingerprint density at radius 1 is 1.15 bits per heavy atom. The smallest absolute Gasteiger partial charge is 0.415 e. The number of nitro benzene ring substituents is 1. The Bertz CT molecular complexity index is 1380. The molecular formula is C27H20N2O5. The van der Waals surface area contributed by atoms with Crippen LogP contribution in [0.15, 0.2) is 60.7 Å². The molecule has 34 heavy (non-hydrogen) atoms. The van der Waals surface area contributed by atoms with Gasteiger partial charge >= 0.3 is 6.09 Å². The fourth-order valence-electron chi connectivity index (χ4n) is 5.79. The summed E-state index contributed by atoms with van der Waals surface area (Å²) >= 11 is 0. The molecule has 6 rings (SSSR count). The monoisotopic (exact) mass is 452 g/mol. The van der Waals surface area contributed by atoms with Crippen LogP contribution in [0.1, 0.15) is 30.4 Å². The van der Waals surface area contributed by atoms with Gasteiger partial charge in [-0.1, -0.05) is 54.0 Å². The van der Waals surface area contributed by atoms with Gasteiger partial charge in [0, 0.05) is 11.6 Å². The molecule has 4 aliphatic rings. The molecule has 0 spiro atoms. The number of epoxide rings is 1. The van der Waals surface area contributed by atoms with E-state index in [1.807, 2.05) is 24.3 Å². The van der Waals surface area contributed by atoms with Crippen LogP contribution in [0.5, 0.6) is 0 Å². The molecule has 0 N–H and O–H groups in total. The first-order valence-corrected chi connectivity index (χ1v) is 11.2. The van der Waals surface area contributed by atoms with Crippen molar-refractivity contribution in [3.05, 3.63) is 81.9 Å². The van der Waals surface area contributed by atoms with Gasteiger partial charge in [0.25, 0.3) is 5.69 Å². The number of nitro groups is 1. The first kappa shape index (κ1) is 20.5. The van der Waals surface area contributed by atoms with E-state index in [1.165, 1.54) is 6.07 Å². The molecule has 168 valence electrons. The van der Waals surface area contributed by atoms with Crippen LogP contribution in [0.3, 0.4) is 0 Å². The maximum Gasteiger partial charge on any atom is 0.415 e. The summed E-state index contributed by atoms with van der Waals surface area (Å²) in [7, 11) is 0.